The van der Waals surface area contributed by atoms with Crippen molar-refractivity contribution in [3.8, 4) is 0 Å². The number of benzene rings is 1. The third-order valence-electron chi connectivity index (χ3n) is 3.10. The number of halogens is 1. The summed E-state index contributed by atoms with van der Waals surface area (Å²) in [6, 6.07) is 5.03. The van der Waals surface area contributed by atoms with Crippen molar-refractivity contribution in [3.63, 3.8) is 0 Å². The van der Waals surface area contributed by atoms with Crippen molar-refractivity contribution in [3.05, 3.63) is 50.4 Å². The second-order valence-electron chi connectivity index (χ2n) is 4.41. The lowest BCUT2D eigenvalue weighted by Crippen LogP contribution is -2.03. The highest BCUT2D eigenvalue weighted by atomic mass is 35.5. The summed E-state index contributed by atoms with van der Waals surface area (Å²) in [4.78, 5) is 22.4. The van der Waals surface area contributed by atoms with Gasteiger partial charge in [-0.15, -0.1) is 0 Å². The number of para-hydroxylation sites is 1. The van der Waals surface area contributed by atoms with Gasteiger partial charge in [0.25, 0.3) is 5.91 Å². The van der Waals surface area contributed by atoms with E-state index in [1.807, 2.05) is 0 Å². The van der Waals surface area contributed by atoms with Gasteiger partial charge in [0.1, 0.15) is 0 Å². The second-order valence-corrected chi connectivity index (χ2v) is 4.82. The van der Waals surface area contributed by atoms with Gasteiger partial charge in [0.2, 0.25) is 5.76 Å². The zero-order chi connectivity index (χ0) is 15.1. The van der Waals surface area contributed by atoms with E-state index in [9.17, 15) is 14.9 Å². The Hall–Kier alpha value is -2.67. The summed E-state index contributed by atoms with van der Waals surface area (Å²) >= 11 is 6.00. The molecule has 1 N–H and O–H groups in total. The highest BCUT2D eigenvalue weighted by Crippen LogP contribution is 2.39. The van der Waals surface area contributed by atoms with Crippen molar-refractivity contribution in [2.75, 3.05) is 5.32 Å². The zero-order valence-electron chi connectivity index (χ0n) is 10.7. The van der Waals surface area contributed by atoms with Crippen LogP contribution in [-0.2, 0) is 4.79 Å². The summed E-state index contributed by atoms with van der Waals surface area (Å²) in [7, 11) is 0. The minimum Gasteiger partial charge on any atom is -0.349 e. The maximum absolute atomic E-state index is 12.0. The van der Waals surface area contributed by atoms with Gasteiger partial charge in [-0.1, -0.05) is 28.9 Å². The molecule has 0 spiro atoms. The lowest BCUT2D eigenvalue weighted by atomic mass is 10.1. The number of nitro groups is 1. The first-order chi connectivity index (χ1) is 9.99. The van der Waals surface area contributed by atoms with Crippen LogP contribution in [0, 0.1) is 17.0 Å². The first kappa shape index (κ1) is 13.3. The molecule has 0 unspecified atom stereocenters. The van der Waals surface area contributed by atoms with Gasteiger partial charge in [0, 0.05) is 11.6 Å². The van der Waals surface area contributed by atoms with Gasteiger partial charge in [-0.3, -0.25) is 14.9 Å². The highest BCUT2D eigenvalue weighted by Gasteiger charge is 2.29. The average Bonchev–Trinajstić information content (AvgIpc) is 2.93. The minimum atomic E-state index is -0.593. The molecule has 1 aliphatic heterocycles. The van der Waals surface area contributed by atoms with E-state index < -0.39 is 10.8 Å². The summed E-state index contributed by atoms with van der Waals surface area (Å²) in [5, 5.41) is 17.6. The van der Waals surface area contributed by atoms with Crippen LogP contribution in [0.15, 0.2) is 22.7 Å². The number of anilines is 1. The minimum absolute atomic E-state index is 0.0736. The first-order valence-corrected chi connectivity index (χ1v) is 6.29. The van der Waals surface area contributed by atoms with Crippen molar-refractivity contribution in [1.29, 1.82) is 0 Å². The number of carbonyl (C=O) groups is 1. The Labute approximate surface area is 123 Å². The lowest BCUT2D eigenvalue weighted by molar-refractivity contribution is -0.386. The van der Waals surface area contributed by atoms with Gasteiger partial charge in [0.15, 0.2) is 5.69 Å². The predicted molar refractivity (Wildman–Crippen MR) is 75.8 cm³/mol. The summed E-state index contributed by atoms with van der Waals surface area (Å²) in [6.45, 7) is 1.46. The molecule has 3 rings (SSSR count). The van der Waals surface area contributed by atoms with Crippen LogP contribution < -0.4 is 5.32 Å². The van der Waals surface area contributed by atoms with Crippen LogP contribution in [0.1, 0.15) is 17.0 Å². The summed E-state index contributed by atoms with van der Waals surface area (Å²) in [5.41, 5.74) is 1.18. The highest BCUT2D eigenvalue weighted by molar-refractivity contribution is 6.41. The molecule has 0 fully saturated rings. The van der Waals surface area contributed by atoms with Crippen LogP contribution in [0.3, 0.4) is 0 Å². The SMILES string of the molecule is Cc1noc(/C=C2\C(=O)Nc3c(Cl)cccc32)c1[N+](=O)[O-]. The molecule has 7 nitrogen and oxygen atoms in total. The van der Waals surface area contributed by atoms with Crippen LogP contribution >= 0.6 is 11.6 Å². The van der Waals surface area contributed by atoms with Gasteiger partial charge in [0.05, 0.1) is 21.2 Å². The molecular formula is C13H8ClN3O4. The van der Waals surface area contributed by atoms with E-state index in [-0.39, 0.29) is 22.7 Å². The number of nitrogens with zero attached hydrogens (tertiary/aromatic N) is 2. The smallest absolute Gasteiger partial charge is 0.338 e. The van der Waals surface area contributed by atoms with Gasteiger partial charge in [-0.25, -0.2) is 0 Å². The first-order valence-electron chi connectivity index (χ1n) is 5.91. The van der Waals surface area contributed by atoms with E-state index in [0.717, 1.165) is 0 Å². The van der Waals surface area contributed by atoms with E-state index in [1.54, 1.807) is 18.2 Å². The number of rotatable bonds is 2. The molecule has 0 saturated heterocycles. The normalized spacial score (nSPS) is 15.1. The number of hydrogen-bond donors (Lipinski definition) is 1. The topological polar surface area (TPSA) is 98.3 Å². The van der Waals surface area contributed by atoms with E-state index in [1.165, 1.54) is 13.0 Å². The third kappa shape index (κ3) is 2.07. The molecule has 21 heavy (non-hydrogen) atoms. The summed E-state index contributed by atoms with van der Waals surface area (Å²) in [6.07, 6.45) is 1.30. The molecule has 0 radical (unpaired) electrons. The Kier molecular flexibility index (Phi) is 2.99. The molecule has 1 aromatic heterocycles. The number of aromatic nitrogens is 1. The van der Waals surface area contributed by atoms with Crippen molar-refractivity contribution in [2.24, 2.45) is 0 Å². The summed E-state index contributed by atoms with van der Waals surface area (Å²) in [5.74, 6) is -0.475. The molecule has 1 amide bonds. The fourth-order valence-electron chi connectivity index (χ4n) is 2.15. The van der Waals surface area contributed by atoms with Crippen LogP contribution in [0.4, 0.5) is 11.4 Å². The fourth-order valence-corrected chi connectivity index (χ4v) is 2.37. The van der Waals surface area contributed by atoms with Crippen molar-refractivity contribution in [2.45, 2.75) is 6.92 Å². The quantitative estimate of drug-likeness (QED) is 0.522. The Morgan fingerprint density at radius 2 is 2.24 bits per heavy atom. The van der Waals surface area contributed by atoms with Crippen molar-refractivity contribution < 1.29 is 14.2 Å². The van der Waals surface area contributed by atoms with Crippen LogP contribution in [0.25, 0.3) is 11.6 Å². The van der Waals surface area contributed by atoms with Crippen LogP contribution in [0.5, 0.6) is 0 Å². The number of amides is 1. The second kappa shape index (κ2) is 4.71. The fraction of sp³-hybridized carbons (Fsp3) is 0.0769. The number of aryl methyl sites for hydroxylation is 1. The molecule has 0 atom stereocenters. The number of nitrogens with one attached hydrogen (secondary N) is 1. The number of fused-ring (bicyclic) bond motifs is 1. The largest absolute Gasteiger partial charge is 0.349 e. The number of hydrogen-bond acceptors (Lipinski definition) is 5. The number of carbonyl (C=O) groups excluding carboxylic acids is 1. The maximum Gasteiger partial charge on any atom is 0.338 e. The monoisotopic (exact) mass is 305 g/mol. The van der Waals surface area contributed by atoms with E-state index in [0.29, 0.717) is 16.3 Å². The standard InChI is InChI=1S/C13H8ClN3O4/c1-6-12(17(19)20)10(21-16-6)5-8-7-3-2-4-9(14)11(7)15-13(8)18/h2-5H,1H3,(H,15,18)/b8-5-. The lowest BCUT2D eigenvalue weighted by Gasteiger charge is -1.99. The summed E-state index contributed by atoms with van der Waals surface area (Å²) < 4.78 is 4.93. The van der Waals surface area contributed by atoms with Gasteiger partial charge < -0.3 is 9.84 Å². The molecule has 106 valence electrons. The maximum atomic E-state index is 12.0. The van der Waals surface area contributed by atoms with E-state index >= 15 is 0 Å². The molecular weight excluding hydrogens is 298 g/mol. The molecule has 0 saturated carbocycles. The molecule has 0 bridgehead atoms. The van der Waals surface area contributed by atoms with E-state index in [4.69, 9.17) is 16.1 Å². The van der Waals surface area contributed by atoms with Crippen molar-refractivity contribution >= 4 is 40.5 Å². The van der Waals surface area contributed by atoms with Gasteiger partial charge in [-0.05, 0) is 13.0 Å². The van der Waals surface area contributed by atoms with E-state index in [2.05, 4.69) is 10.5 Å². The van der Waals surface area contributed by atoms with Gasteiger partial charge >= 0.3 is 5.69 Å². The van der Waals surface area contributed by atoms with Gasteiger partial charge in [-0.2, -0.15) is 0 Å². The Morgan fingerprint density at radius 1 is 1.48 bits per heavy atom. The molecule has 2 aromatic rings. The molecule has 2 heterocycles. The molecule has 0 aliphatic carbocycles. The molecule has 1 aliphatic rings. The predicted octanol–water partition coefficient (Wildman–Crippen LogP) is 3.04. The van der Waals surface area contributed by atoms with Crippen LogP contribution in [-0.4, -0.2) is 16.0 Å². The Morgan fingerprint density at radius 3 is 2.95 bits per heavy atom. The Balaban J connectivity index is 2.16. The van der Waals surface area contributed by atoms with Crippen LogP contribution in [0.2, 0.25) is 5.02 Å². The Bertz CT molecular complexity index is 810. The van der Waals surface area contributed by atoms with Crippen molar-refractivity contribution in [1.82, 2.24) is 5.16 Å². The molecule has 1 aromatic carbocycles. The zero-order valence-corrected chi connectivity index (χ0v) is 11.5. The molecule has 8 heteroatoms. The average molecular weight is 306 g/mol. The third-order valence-corrected chi connectivity index (χ3v) is 3.42.